The van der Waals surface area contributed by atoms with Gasteiger partial charge in [-0.25, -0.2) is 15.0 Å². The van der Waals surface area contributed by atoms with E-state index in [1.54, 1.807) is 6.20 Å². The first-order valence-electron chi connectivity index (χ1n) is 11.1. The second-order valence-electron chi connectivity index (χ2n) is 8.17. The molecule has 0 aliphatic carbocycles. The standard InChI is InChI=1S/C25H22N6O2S/c32-23(21-16-31-8-4-3-7-22(31)27-21)28-19-6-2-1-5-18(19)24-29-20-13-17(14-26-25(20)34-24)15-30-9-11-33-12-10-30/h1-8,13-14,16H,9-12,15H2,(H,28,32). The highest BCUT2D eigenvalue weighted by atomic mass is 32.1. The van der Waals surface area contributed by atoms with Crippen molar-refractivity contribution in [3.63, 3.8) is 0 Å². The van der Waals surface area contributed by atoms with Crippen LogP contribution in [0.5, 0.6) is 0 Å². The number of imidazole rings is 1. The molecule has 1 fully saturated rings. The molecule has 1 N–H and O–H groups in total. The smallest absolute Gasteiger partial charge is 0.275 e. The fraction of sp³-hybridized carbons (Fsp3) is 0.200. The van der Waals surface area contributed by atoms with Crippen LogP contribution in [0.15, 0.2) is 67.1 Å². The van der Waals surface area contributed by atoms with Crippen molar-refractivity contribution in [3.05, 3.63) is 78.4 Å². The Morgan fingerprint density at radius 1 is 1.09 bits per heavy atom. The maximum Gasteiger partial charge on any atom is 0.275 e. The van der Waals surface area contributed by atoms with E-state index in [2.05, 4.69) is 26.3 Å². The van der Waals surface area contributed by atoms with E-state index in [4.69, 9.17) is 9.72 Å². The molecule has 4 aromatic heterocycles. The summed E-state index contributed by atoms with van der Waals surface area (Å²) in [5, 5.41) is 3.83. The number of nitrogens with zero attached hydrogens (tertiary/aromatic N) is 5. The quantitative estimate of drug-likeness (QED) is 0.417. The minimum Gasteiger partial charge on any atom is -0.379 e. The predicted octanol–water partition coefficient (Wildman–Crippen LogP) is 4.09. The Bertz CT molecular complexity index is 1450. The first-order valence-corrected chi connectivity index (χ1v) is 11.9. The van der Waals surface area contributed by atoms with Gasteiger partial charge in [-0.05, 0) is 35.9 Å². The van der Waals surface area contributed by atoms with Crippen molar-refractivity contribution in [1.29, 1.82) is 0 Å². The number of nitrogens with one attached hydrogen (secondary N) is 1. The van der Waals surface area contributed by atoms with Crippen LogP contribution < -0.4 is 5.32 Å². The van der Waals surface area contributed by atoms with Gasteiger partial charge in [0.15, 0.2) is 0 Å². The van der Waals surface area contributed by atoms with Crippen molar-refractivity contribution in [2.24, 2.45) is 0 Å². The van der Waals surface area contributed by atoms with E-state index in [1.807, 2.05) is 59.3 Å². The first-order chi connectivity index (χ1) is 16.7. The third-order valence-electron chi connectivity index (χ3n) is 5.82. The molecule has 1 aliphatic heterocycles. The maximum absolute atomic E-state index is 12.9. The van der Waals surface area contributed by atoms with Crippen molar-refractivity contribution >= 4 is 38.9 Å². The Balaban J connectivity index is 1.27. The minimum atomic E-state index is -0.261. The molecule has 0 unspecified atom stereocenters. The van der Waals surface area contributed by atoms with Crippen LogP contribution in [-0.4, -0.2) is 56.5 Å². The molecule has 170 valence electrons. The van der Waals surface area contributed by atoms with Gasteiger partial charge in [-0.2, -0.15) is 0 Å². The van der Waals surface area contributed by atoms with Crippen molar-refractivity contribution < 1.29 is 9.53 Å². The normalized spacial score (nSPS) is 14.6. The fourth-order valence-corrected chi connectivity index (χ4v) is 5.02. The summed E-state index contributed by atoms with van der Waals surface area (Å²) in [6, 6.07) is 15.5. The van der Waals surface area contributed by atoms with Crippen LogP contribution in [0.3, 0.4) is 0 Å². The van der Waals surface area contributed by atoms with Gasteiger partial charge in [0.1, 0.15) is 26.7 Å². The molecule has 1 aliphatic rings. The lowest BCUT2D eigenvalue weighted by atomic mass is 10.2. The zero-order valence-electron chi connectivity index (χ0n) is 18.3. The highest BCUT2D eigenvalue weighted by molar-refractivity contribution is 7.21. The van der Waals surface area contributed by atoms with Crippen molar-refractivity contribution in [3.8, 4) is 10.6 Å². The molecule has 1 saturated heterocycles. The van der Waals surface area contributed by atoms with Gasteiger partial charge >= 0.3 is 0 Å². The third-order valence-corrected chi connectivity index (χ3v) is 6.83. The number of ether oxygens (including phenoxy) is 1. The van der Waals surface area contributed by atoms with E-state index in [0.29, 0.717) is 11.4 Å². The van der Waals surface area contributed by atoms with Crippen molar-refractivity contribution in [2.45, 2.75) is 6.54 Å². The van der Waals surface area contributed by atoms with Gasteiger partial charge < -0.3 is 14.5 Å². The predicted molar refractivity (Wildman–Crippen MR) is 132 cm³/mol. The van der Waals surface area contributed by atoms with Crippen LogP contribution in [0.25, 0.3) is 26.6 Å². The zero-order valence-corrected chi connectivity index (χ0v) is 19.2. The highest BCUT2D eigenvalue weighted by Gasteiger charge is 2.17. The second-order valence-corrected chi connectivity index (χ2v) is 9.14. The van der Waals surface area contributed by atoms with Gasteiger partial charge in [-0.15, -0.1) is 0 Å². The summed E-state index contributed by atoms with van der Waals surface area (Å²) >= 11 is 1.52. The summed E-state index contributed by atoms with van der Waals surface area (Å²) < 4.78 is 7.27. The Morgan fingerprint density at radius 2 is 1.94 bits per heavy atom. The SMILES string of the molecule is O=C(Nc1ccccc1-c1nc2cc(CN3CCOCC3)cnc2s1)c1cn2ccccc2n1. The second kappa shape index (κ2) is 8.94. The molecule has 0 spiro atoms. The minimum absolute atomic E-state index is 0.261. The molecule has 5 aromatic rings. The number of thiazole rings is 1. The number of para-hydroxylation sites is 1. The number of aromatic nitrogens is 4. The molecule has 34 heavy (non-hydrogen) atoms. The number of morpholine rings is 1. The van der Waals surface area contributed by atoms with Crippen LogP contribution in [-0.2, 0) is 11.3 Å². The number of fused-ring (bicyclic) bond motifs is 2. The van der Waals surface area contributed by atoms with Gasteiger partial charge in [-0.3, -0.25) is 9.69 Å². The number of anilines is 1. The number of amides is 1. The van der Waals surface area contributed by atoms with Gasteiger partial charge in [0.25, 0.3) is 5.91 Å². The summed E-state index contributed by atoms with van der Waals surface area (Å²) in [5.41, 5.74) is 4.65. The average Bonchev–Trinajstić information content (AvgIpc) is 3.49. The van der Waals surface area contributed by atoms with Crippen LogP contribution in [0.1, 0.15) is 16.1 Å². The van der Waals surface area contributed by atoms with Crippen molar-refractivity contribution in [1.82, 2.24) is 24.3 Å². The fourth-order valence-electron chi connectivity index (χ4n) is 4.09. The van der Waals surface area contributed by atoms with Crippen molar-refractivity contribution in [2.75, 3.05) is 31.6 Å². The number of hydrogen-bond acceptors (Lipinski definition) is 7. The Hall–Kier alpha value is -3.66. The molecular weight excluding hydrogens is 448 g/mol. The number of hydrogen-bond donors (Lipinski definition) is 1. The molecular formula is C25H22N6O2S. The number of carbonyl (C=O) groups excluding carboxylic acids is 1. The van der Waals surface area contributed by atoms with Gasteiger partial charge in [0, 0.05) is 43.8 Å². The number of benzene rings is 1. The van der Waals surface area contributed by atoms with Crippen LogP contribution in [0, 0.1) is 0 Å². The summed E-state index contributed by atoms with van der Waals surface area (Å²) in [5.74, 6) is -0.261. The van der Waals surface area contributed by atoms with E-state index in [-0.39, 0.29) is 5.91 Å². The Kier molecular flexibility index (Phi) is 5.50. The molecule has 5 heterocycles. The van der Waals surface area contributed by atoms with E-state index < -0.39 is 0 Å². The largest absolute Gasteiger partial charge is 0.379 e. The van der Waals surface area contributed by atoms with Gasteiger partial charge in [-0.1, -0.05) is 29.5 Å². The first kappa shape index (κ1) is 20.9. The molecule has 9 heteroatoms. The number of pyridine rings is 2. The molecule has 1 amide bonds. The highest BCUT2D eigenvalue weighted by Crippen LogP contribution is 2.34. The number of carbonyl (C=O) groups is 1. The van der Waals surface area contributed by atoms with Gasteiger partial charge in [0.05, 0.1) is 18.9 Å². The van der Waals surface area contributed by atoms with Gasteiger partial charge in [0.2, 0.25) is 0 Å². The molecule has 6 rings (SSSR count). The van der Waals surface area contributed by atoms with E-state index in [0.717, 1.165) is 65.0 Å². The molecule has 0 bridgehead atoms. The average molecular weight is 471 g/mol. The lowest BCUT2D eigenvalue weighted by Crippen LogP contribution is -2.35. The van der Waals surface area contributed by atoms with E-state index >= 15 is 0 Å². The monoisotopic (exact) mass is 470 g/mol. The molecule has 8 nitrogen and oxygen atoms in total. The lowest BCUT2D eigenvalue weighted by Gasteiger charge is -2.26. The lowest BCUT2D eigenvalue weighted by molar-refractivity contribution is 0.0341. The zero-order chi connectivity index (χ0) is 22.9. The topological polar surface area (TPSA) is 84.7 Å². The van der Waals surface area contributed by atoms with E-state index in [9.17, 15) is 4.79 Å². The summed E-state index contributed by atoms with van der Waals surface area (Å²) in [6.07, 6.45) is 5.52. The Morgan fingerprint density at radius 3 is 2.82 bits per heavy atom. The molecule has 0 radical (unpaired) electrons. The molecule has 0 atom stereocenters. The molecule has 1 aromatic carbocycles. The Labute approximate surface area is 199 Å². The maximum atomic E-state index is 12.9. The van der Waals surface area contributed by atoms with Crippen LogP contribution in [0.4, 0.5) is 5.69 Å². The molecule has 0 saturated carbocycles. The van der Waals surface area contributed by atoms with Crippen LogP contribution >= 0.6 is 11.3 Å². The van der Waals surface area contributed by atoms with Crippen LogP contribution in [0.2, 0.25) is 0 Å². The third kappa shape index (κ3) is 4.16. The summed E-state index contributed by atoms with van der Waals surface area (Å²) in [4.78, 5) is 30.1. The van der Waals surface area contributed by atoms with E-state index in [1.165, 1.54) is 11.3 Å². The summed E-state index contributed by atoms with van der Waals surface area (Å²) in [6.45, 7) is 4.24. The summed E-state index contributed by atoms with van der Waals surface area (Å²) in [7, 11) is 0. The number of rotatable bonds is 5.